The molecule has 2 heterocycles. The zero-order valence-corrected chi connectivity index (χ0v) is 19.3. The molecular weight excluding hydrogens is 398 g/mol. The van der Waals surface area contributed by atoms with Gasteiger partial charge in [-0.3, -0.25) is 9.59 Å². The first-order chi connectivity index (χ1) is 15.6. The van der Waals surface area contributed by atoms with Crippen molar-refractivity contribution < 1.29 is 9.59 Å². The number of nitrogens with one attached hydrogen (secondary N) is 1. The van der Waals surface area contributed by atoms with E-state index >= 15 is 0 Å². The lowest BCUT2D eigenvalue weighted by Gasteiger charge is -2.34. The highest BCUT2D eigenvalue weighted by Gasteiger charge is 2.29. The van der Waals surface area contributed by atoms with Gasteiger partial charge in [-0.05, 0) is 56.7 Å². The van der Waals surface area contributed by atoms with Crippen LogP contribution >= 0.6 is 0 Å². The van der Waals surface area contributed by atoms with Gasteiger partial charge in [0.05, 0.1) is 11.5 Å². The fourth-order valence-corrected chi connectivity index (χ4v) is 5.03. The van der Waals surface area contributed by atoms with Crippen LogP contribution in [0.3, 0.4) is 0 Å². The molecule has 0 spiro atoms. The van der Waals surface area contributed by atoms with E-state index in [-0.39, 0.29) is 23.8 Å². The van der Waals surface area contributed by atoms with Crippen molar-refractivity contribution in [2.45, 2.75) is 57.9 Å². The van der Waals surface area contributed by atoms with Gasteiger partial charge < -0.3 is 15.1 Å². The van der Waals surface area contributed by atoms with Crippen LogP contribution in [0.15, 0.2) is 48.5 Å². The second kappa shape index (κ2) is 10.2. The van der Waals surface area contributed by atoms with Crippen LogP contribution in [0.25, 0.3) is 0 Å². The molecule has 0 bridgehead atoms. The molecule has 5 nitrogen and oxygen atoms in total. The van der Waals surface area contributed by atoms with Gasteiger partial charge in [0.1, 0.15) is 0 Å². The summed E-state index contributed by atoms with van der Waals surface area (Å²) in [5.74, 6) is 0.132. The second-order valence-corrected chi connectivity index (χ2v) is 9.16. The summed E-state index contributed by atoms with van der Waals surface area (Å²) >= 11 is 0. The molecule has 5 heteroatoms. The minimum absolute atomic E-state index is 0.0103. The molecule has 1 unspecified atom stereocenters. The third-order valence-electron chi connectivity index (χ3n) is 6.89. The molecule has 170 valence electrons. The van der Waals surface area contributed by atoms with Gasteiger partial charge in [-0.2, -0.15) is 0 Å². The van der Waals surface area contributed by atoms with Crippen molar-refractivity contribution in [3.8, 4) is 0 Å². The van der Waals surface area contributed by atoms with Crippen LogP contribution in [0.4, 0.5) is 5.69 Å². The molecule has 32 heavy (non-hydrogen) atoms. The van der Waals surface area contributed by atoms with Gasteiger partial charge in [-0.25, -0.2) is 0 Å². The van der Waals surface area contributed by atoms with Gasteiger partial charge in [0.15, 0.2) is 0 Å². The van der Waals surface area contributed by atoms with E-state index < -0.39 is 0 Å². The van der Waals surface area contributed by atoms with Gasteiger partial charge in [0.25, 0.3) is 5.91 Å². The average Bonchev–Trinajstić information content (AvgIpc) is 3.35. The second-order valence-electron chi connectivity index (χ2n) is 9.16. The zero-order valence-electron chi connectivity index (χ0n) is 19.3. The fraction of sp³-hybridized carbons (Fsp3) is 0.481. The van der Waals surface area contributed by atoms with E-state index in [0.717, 1.165) is 54.7 Å². The van der Waals surface area contributed by atoms with E-state index in [1.807, 2.05) is 48.2 Å². The lowest BCUT2D eigenvalue weighted by molar-refractivity contribution is -0.134. The molecule has 0 radical (unpaired) electrons. The molecular formula is C27H35N3O2. The number of benzene rings is 2. The molecule has 4 rings (SSSR count). The lowest BCUT2D eigenvalue weighted by Crippen LogP contribution is -2.47. The third-order valence-corrected chi connectivity index (χ3v) is 6.89. The van der Waals surface area contributed by atoms with Crippen molar-refractivity contribution in [1.82, 2.24) is 10.2 Å². The Morgan fingerprint density at radius 3 is 2.34 bits per heavy atom. The van der Waals surface area contributed by atoms with Crippen molar-refractivity contribution >= 4 is 17.5 Å². The molecule has 2 saturated heterocycles. The summed E-state index contributed by atoms with van der Waals surface area (Å²) in [6.07, 6.45) is 4.76. The Morgan fingerprint density at radius 2 is 1.69 bits per heavy atom. The van der Waals surface area contributed by atoms with E-state index in [0.29, 0.717) is 13.1 Å². The molecule has 2 aromatic rings. The van der Waals surface area contributed by atoms with E-state index in [1.165, 1.54) is 12.8 Å². The summed E-state index contributed by atoms with van der Waals surface area (Å²) in [5.41, 5.74) is 4.02. The van der Waals surface area contributed by atoms with Crippen LogP contribution < -0.4 is 10.2 Å². The van der Waals surface area contributed by atoms with Crippen LogP contribution in [0.1, 0.15) is 66.4 Å². The van der Waals surface area contributed by atoms with Crippen molar-refractivity contribution in [2.24, 2.45) is 0 Å². The minimum atomic E-state index is -0.0855. The summed E-state index contributed by atoms with van der Waals surface area (Å²) < 4.78 is 0. The predicted molar refractivity (Wildman–Crippen MR) is 129 cm³/mol. The molecule has 2 fully saturated rings. The Kier molecular flexibility index (Phi) is 7.13. The quantitative estimate of drug-likeness (QED) is 0.729. The Bertz CT molecular complexity index is 929. The lowest BCUT2D eigenvalue weighted by atomic mass is 9.93. The molecule has 2 aliphatic rings. The van der Waals surface area contributed by atoms with Crippen molar-refractivity contribution in [3.05, 3.63) is 65.2 Å². The molecule has 2 aliphatic heterocycles. The number of nitrogens with zero attached hydrogens (tertiary/aromatic N) is 2. The number of carbonyl (C=O) groups excluding carboxylic acids is 2. The molecule has 1 N–H and O–H groups in total. The SMILES string of the molecule is CCC(C(=O)N1CCC(NC(=O)c2cc(C)ccc2N2CCCC2)CC1)c1ccccc1. The number of carbonyl (C=O) groups is 2. The minimum Gasteiger partial charge on any atom is -0.371 e. The number of likely N-dealkylation sites (tertiary alicyclic amines) is 1. The van der Waals surface area contributed by atoms with Crippen molar-refractivity contribution in [1.29, 1.82) is 0 Å². The average molecular weight is 434 g/mol. The number of piperidine rings is 1. The molecule has 2 aromatic carbocycles. The highest BCUT2D eigenvalue weighted by Crippen LogP contribution is 2.27. The Labute approximate surface area is 191 Å². The van der Waals surface area contributed by atoms with Crippen LogP contribution in [0.2, 0.25) is 0 Å². The summed E-state index contributed by atoms with van der Waals surface area (Å²) in [7, 11) is 0. The van der Waals surface area contributed by atoms with Gasteiger partial charge >= 0.3 is 0 Å². The number of aryl methyl sites for hydroxylation is 1. The number of anilines is 1. The first-order valence-corrected chi connectivity index (χ1v) is 12.1. The molecule has 0 aromatic heterocycles. The molecule has 0 aliphatic carbocycles. The van der Waals surface area contributed by atoms with Crippen LogP contribution in [0.5, 0.6) is 0 Å². The number of rotatable bonds is 6. The van der Waals surface area contributed by atoms with Gasteiger partial charge in [0, 0.05) is 37.9 Å². The highest BCUT2D eigenvalue weighted by atomic mass is 16.2. The number of amides is 2. The largest absolute Gasteiger partial charge is 0.371 e. The first kappa shape index (κ1) is 22.4. The zero-order chi connectivity index (χ0) is 22.5. The fourth-order valence-electron chi connectivity index (χ4n) is 5.03. The monoisotopic (exact) mass is 433 g/mol. The van der Waals surface area contributed by atoms with E-state index in [2.05, 4.69) is 29.3 Å². The molecule has 2 amide bonds. The Hall–Kier alpha value is -2.82. The van der Waals surface area contributed by atoms with Gasteiger partial charge in [-0.1, -0.05) is 48.9 Å². The predicted octanol–water partition coefficient (Wildman–Crippen LogP) is 4.51. The maximum atomic E-state index is 13.2. The van der Waals surface area contributed by atoms with E-state index in [1.54, 1.807) is 0 Å². The van der Waals surface area contributed by atoms with Crippen molar-refractivity contribution in [3.63, 3.8) is 0 Å². The molecule has 0 saturated carbocycles. The first-order valence-electron chi connectivity index (χ1n) is 12.1. The van der Waals surface area contributed by atoms with E-state index in [9.17, 15) is 9.59 Å². The smallest absolute Gasteiger partial charge is 0.253 e. The number of hydrogen-bond acceptors (Lipinski definition) is 3. The summed E-state index contributed by atoms with van der Waals surface area (Å²) in [5, 5.41) is 3.26. The number of hydrogen-bond donors (Lipinski definition) is 1. The third kappa shape index (κ3) is 4.98. The topological polar surface area (TPSA) is 52.7 Å². The van der Waals surface area contributed by atoms with Crippen LogP contribution in [0, 0.1) is 6.92 Å². The normalized spacial score (nSPS) is 17.9. The molecule has 1 atom stereocenters. The van der Waals surface area contributed by atoms with Gasteiger partial charge in [-0.15, -0.1) is 0 Å². The van der Waals surface area contributed by atoms with Crippen LogP contribution in [-0.2, 0) is 4.79 Å². The highest BCUT2D eigenvalue weighted by molar-refractivity contribution is 6.00. The summed E-state index contributed by atoms with van der Waals surface area (Å²) in [6, 6.07) is 16.3. The summed E-state index contributed by atoms with van der Waals surface area (Å²) in [6.45, 7) is 7.53. The Morgan fingerprint density at radius 1 is 1.00 bits per heavy atom. The maximum absolute atomic E-state index is 13.2. The standard InChI is InChI=1S/C27H35N3O2/c1-3-23(21-9-5-4-6-10-21)27(32)30-17-13-22(14-18-30)28-26(31)24-19-20(2)11-12-25(24)29-15-7-8-16-29/h4-6,9-12,19,22-23H,3,7-8,13-18H2,1-2H3,(H,28,31). The Balaban J connectivity index is 1.37. The van der Waals surface area contributed by atoms with E-state index in [4.69, 9.17) is 0 Å². The van der Waals surface area contributed by atoms with Crippen LogP contribution in [-0.4, -0.2) is 48.9 Å². The maximum Gasteiger partial charge on any atom is 0.253 e. The van der Waals surface area contributed by atoms with Gasteiger partial charge in [0.2, 0.25) is 5.91 Å². The summed E-state index contributed by atoms with van der Waals surface area (Å²) in [4.78, 5) is 30.6. The van der Waals surface area contributed by atoms with Crippen molar-refractivity contribution in [2.75, 3.05) is 31.1 Å².